The van der Waals surface area contributed by atoms with E-state index in [4.69, 9.17) is 9.15 Å². The van der Waals surface area contributed by atoms with Crippen molar-refractivity contribution in [2.45, 2.75) is 0 Å². The summed E-state index contributed by atoms with van der Waals surface area (Å²) in [6.07, 6.45) is 0. The molecule has 0 saturated carbocycles. The monoisotopic (exact) mass is 421 g/mol. The average molecular weight is 421 g/mol. The van der Waals surface area contributed by atoms with E-state index in [0.717, 1.165) is 16.2 Å². The molecular weight excluding hydrogens is 402 g/mol. The molecule has 1 amide bonds. The third kappa shape index (κ3) is 3.50. The van der Waals surface area contributed by atoms with Gasteiger partial charge >= 0.3 is 5.63 Å². The molecule has 5 heteroatoms. The summed E-state index contributed by atoms with van der Waals surface area (Å²) in [4.78, 5) is 25.7. The van der Waals surface area contributed by atoms with Gasteiger partial charge in [-0.05, 0) is 46.7 Å². The lowest BCUT2D eigenvalue weighted by Gasteiger charge is -2.13. The molecule has 5 nitrogen and oxygen atoms in total. The van der Waals surface area contributed by atoms with Crippen molar-refractivity contribution in [3.05, 3.63) is 107 Å². The van der Waals surface area contributed by atoms with E-state index in [1.54, 1.807) is 36.4 Å². The van der Waals surface area contributed by atoms with E-state index in [1.165, 1.54) is 7.11 Å². The summed E-state index contributed by atoms with van der Waals surface area (Å²) >= 11 is 0. The van der Waals surface area contributed by atoms with Crippen molar-refractivity contribution < 1.29 is 13.9 Å². The van der Waals surface area contributed by atoms with Gasteiger partial charge in [-0.2, -0.15) is 0 Å². The number of carbonyl (C=O) groups excluding carboxylic acids is 1. The fourth-order valence-electron chi connectivity index (χ4n) is 3.85. The number of hydrogen-bond donors (Lipinski definition) is 1. The number of nitrogens with one attached hydrogen (secondary N) is 1. The van der Waals surface area contributed by atoms with Crippen LogP contribution in [0, 0.1) is 0 Å². The number of benzene rings is 4. The second-order valence-electron chi connectivity index (χ2n) is 7.38. The molecule has 0 aliphatic heterocycles. The number of fused-ring (bicyclic) bond motifs is 2. The minimum atomic E-state index is -0.444. The summed E-state index contributed by atoms with van der Waals surface area (Å²) in [6, 6.07) is 27.7. The zero-order valence-electron chi connectivity index (χ0n) is 17.3. The molecule has 4 aromatic carbocycles. The van der Waals surface area contributed by atoms with E-state index in [-0.39, 0.29) is 5.91 Å². The van der Waals surface area contributed by atoms with Crippen LogP contribution in [0.1, 0.15) is 10.4 Å². The number of amides is 1. The van der Waals surface area contributed by atoms with Crippen molar-refractivity contribution >= 4 is 33.3 Å². The lowest BCUT2D eigenvalue weighted by atomic mass is 10.0. The van der Waals surface area contributed by atoms with Crippen LogP contribution in [0.25, 0.3) is 32.9 Å². The second kappa shape index (κ2) is 8.04. The normalized spacial score (nSPS) is 10.9. The van der Waals surface area contributed by atoms with E-state index >= 15 is 0 Å². The van der Waals surface area contributed by atoms with E-state index < -0.39 is 5.63 Å². The van der Waals surface area contributed by atoms with Crippen LogP contribution in [0.15, 0.2) is 100 Å². The molecular formula is C27H19NO4. The van der Waals surface area contributed by atoms with Gasteiger partial charge in [0.2, 0.25) is 0 Å². The number of anilines is 1. The van der Waals surface area contributed by atoms with Crippen LogP contribution in [0.4, 0.5) is 5.69 Å². The quantitative estimate of drug-likeness (QED) is 0.368. The SMILES string of the molecule is COc1ccc(-c2cc3ccccc3oc2=O)cc1NC(=O)c1cccc2ccccc12. The molecule has 0 saturated heterocycles. The lowest BCUT2D eigenvalue weighted by Crippen LogP contribution is -2.13. The second-order valence-corrected chi connectivity index (χ2v) is 7.38. The zero-order chi connectivity index (χ0) is 22.1. The van der Waals surface area contributed by atoms with E-state index in [2.05, 4.69) is 5.32 Å². The molecule has 1 aromatic heterocycles. The number of para-hydroxylation sites is 1. The van der Waals surface area contributed by atoms with Gasteiger partial charge in [-0.25, -0.2) is 4.79 Å². The topological polar surface area (TPSA) is 68.5 Å². The highest BCUT2D eigenvalue weighted by Crippen LogP contribution is 2.31. The van der Waals surface area contributed by atoms with Crippen molar-refractivity contribution in [1.82, 2.24) is 0 Å². The fraction of sp³-hybridized carbons (Fsp3) is 0.0370. The highest BCUT2D eigenvalue weighted by Gasteiger charge is 2.15. The predicted molar refractivity (Wildman–Crippen MR) is 126 cm³/mol. The molecule has 0 aliphatic carbocycles. The highest BCUT2D eigenvalue weighted by molar-refractivity contribution is 6.13. The molecule has 0 radical (unpaired) electrons. The Morgan fingerprint density at radius 2 is 1.59 bits per heavy atom. The third-order valence-electron chi connectivity index (χ3n) is 5.43. The minimum absolute atomic E-state index is 0.261. The Bertz CT molecular complexity index is 1530. The van der Waals surface area contributed by atoms with Crippen molar-refractivity contribution in [3.8, 4) is 16.9 Å². The Kier molecular flexibility index (Phi) is 4.92. The number of ether oxygens (including phenoxy) is 1. The van der Waals surface area contributed by atoms with Crippen LogP contribution >= 0.6 is 0 Å². The summed E-state index contributed by atoms with van der Waals surface area (Å²) in [5.74, 6) is 0.232. The standard InChI is InChI=1S/C27H19NO4/c1-31-25-14-13-18(22-15-19-8-3-5-12-24(19)32-27(22)30)16-23(25)28-26(29)21-11-6-9-17-7-2-4-10-20(17)21/h2-16H,1H3,(H,28,29). The first-order valence-electron chi connectivity index (χ1n) is 10.1. The number of carbonyl (C=O) groups is 1. The number of rotatable bonds is 4. The smallest absolute Gasteiger partial charge is 0.344 e. The summed E-state index contributed by atoms with van der Waals surface area (Å²) in [5, 5.41) is 5.60. The van der Waals surface area contributed by atoms with Gasteiger partial charge in [-0.15, -0.1) is 0 Å². The molecule has 0 aliphatic rings. The van der Waals surface area contributed by atoms with Crippen LogP contribution in [-0.2, 0) is 0 Å². The molecule has 5 rings (SSSR count). The summed E-state index contributed by atoms with van der Waals surface area (Å²) < 4.78 is 10.9. The van der Waals surface area contributed by atoms with Gasteiger partial charge in [-0.3, -0.25) is 4.79 Å². The lowest BCUT2D eigenvalue weighted by molar-refractivity contribution is 0.102. The number of methoxy groups -OCH3 is 1. The first-order valence-corrected chi connectivity index (χ1v) is 10.1. The average Bonchev–Trinajstić information content (AvgIpc) is 2.83. The fourth-order valence-corrected chi connectivity index (χ4v) is 3.85. The van der Waals surface area contributed by atoms with Crippen LogP contribution in [0.2, 0.25) is 0 Å². The molecule has 0 spiro atoms. The highest BCUT2D eigenvalue weighted by atomic mass is 16.5. The van der Waals surface area contributed by atoms with Crippen molar-refractivity contribution in [2.75, 3.05) is 12.4 Å². The molecule has 32 heavy (non-hydrogen) atoms. The van der Waals surface area contributed by atoms with Crippen molar-refractivity contribution in [2.24, 2.45) is 0 Å². The van der Waals surface area contributed by atoms with Crippen molar-refractivity contribution in [3.63, 3.8) is 0 Å². The van der Waals surface area contributed by atoms with Gasteiger partial charge in [0.1, 0.15) is 11.3 Å². The van der Waals surface area contributed by atoms with Crippen LogP contribution in [0.5, 0.6) is 5.75 Å². The predicted octanol–water partition coefficient (Wildman–Crippen LogP) is 5.87. The Balaban J connectivity index is 1.56. The van der Waals surface area contributed by atoms with E-state index in [0.29, 0.717) is 33.7 Å². The van der Waals surface area contributed by atoms with Gasteiger partial charge in [0.15, 0.2) is 0 Å². The van der Waals surface area contributed by atoms with E-state index in [9.17, 15) is 9.59 Å². The molecule has 0 bridgehead atoms. The van der Waals surface area contributed by atoms with Gasteiger partial charge in [0.05, 0.1) is 18.4 Å². The Morgan fingerprint density at radius 3 is 2.44 bits per heavy atom. The van der Waals surface area contributed by atoms with Crippen molar-refractivity contribution in [1.29, 1.82) is 0 Å². The van der Waals surface area contributed by atoms with E-state index in [1.807, 2.05) is 54.6 Å². The van der Waals surface area contributed by atoms with Crippen LogP contribution in [0.3, 0.4) is 0 Å². The summed E-state index contributed by atoms with van der Waals surface area (Å²) in [5.41, 5.74) is 2.14. The maximum absolute atomic E-state index is 13.1. The summed E-state index contributed by atoms with van der Waals surface area (Å²) in [6.45, 7) is 0. The van der Waals surface area contributed by atoms with Crippen LogP contribution in [-0.4, -0.2) is 13.0 Å². The van der Waals surface area contributed by atoms with Gasteiger partial charge < -0.3 is 14.5 Å². The van der Waals surface area contributed by atoms with Crippen LogP contribution < -0.4 is 15.7 Å². The molecule has 0 unspecified atom stereocenters. The maximum Gasteiger partial charge on any atom is 0.344 e. The zero-order valence-corrected chi connectivity index (χ0v) is 17.3. The van der Waals surface area contributed by atoms with Gasteiger partial charge in [0.25, 0.3) is 5.91 Å². The molecule has 5 aromatic rings. The maximum atomic E-state index is 13.1. The first-order chi connectivity index (χ1) is 15.6. The number of hydrogen-bond acceptors (Lipinski definition) is 4. The molecule has 156 valence electrons. The van der Waals surface area contributed by atoms with Gasteiger partial charge in [0, 0.05) is 10.9 Å². The summed E-state index contributed by atoms with van der Waals surface area (Å²) in [7, 11) is 1.53. The largest absolute Gasteiger partial charge is 0.495 e. The van der Waals surface area contributed by atoms with Gasteiger partial charge in [-0.1, -0.05) is 60.7 Å². The first kappa shape index (κ1) is 19.6. The molecule has 0 atom stereocenters. The molecule has 1 N–H and O–H groups in total. The Labute approximate surface area is 183 Å². The Hall–Kier alpha value is -4.38. The molecule has 0 fully saturated rings. The minimum Gasteiger partial charge on any atom is -0.495 e. The Morgan fingerprint density at radius 1 is 0.844 bits per heavy atom. The third-order valence-corrected chi connectivity index (χ3v) is 5.43. The molecule has 1 heterocycles.